The maximum absolute atomic E-state index is 9.77. The van der Waals surface area contributed by atoms with Crippen molar-refractivity contribution in [3.8, 4) is 0 Å². The van der Waals surface area contributed by atoms with E-state index < -0.39 is 0 Å². The molecule has 3 rings (SSSR count). The number of hydrogen-bond donors (Lipinski definition) is 2. The van der Waals surface area contributed by atoms with Gasteiger partial charge in [-0.2, -0.15) is 0 Å². The summed E-state index contributed by atoms with van der Waals surface area (Å²) < 4.78 is 20.0. The van der Waals surface area contributed by atoms with Crippen LogP contribution in [0.4, 0.5) is 0 Å². The number of furan rings is 2. The maximum atomic E-state index is 9.77. The van der Waals surface area contributed by atoms with Crippen LogP contribution in [0.1, 0.15) is 22.6 Å². The number of hydrogen-bond acceptors (Lipinski definition) is 7. The summed E-state index contributed by atoms with van der Waals surface area (Å²) >= 11 is 0. The zero-order valence-corrected chi connectivity index (χ0v) is 11.4. The number of carbonyl (C=O) groups is 1. The van der Waals surface area contributed by atoms with E-state index in [2.05, 4.69) is 4.42 Å². The summed E-state index contributed by atoms with van der Waals surface area (Å²) in [6.45, 7) is 1.07. The zero-order chi connectivity index (χ0) is 15.3. The first-order valence-corrected chi connectivity index (χ1v) is 6.28. The minimum Gasteiger partial charge on any atom is -0.464 e. The Balaban J connectivity index is 0.000000176. The molecule has 0 spiro atoms. The molecule has 0 unspecified atom stereocenters. The van der Waals surface area contributed by atoms with Crippen LogP contribution in [0.2, 0.25) is 0 Å². The lowest BCUT2D eigenvalue weighted by Gasteiger charge is -2.02. The quantitative estimate of drug-likeness (QED) is 0.825. The highest BCUT2D eigenvalue weighted by atomic mass is 16.7. The minimum absolute atomic E-state index is 0.125. The lowest BCUT2D eigenvalue weighted by Crippen LogP contribution is -1.94. The summed E-state index contributed by atoms with van der Waals surface area (Å²) in [5.41, 5.74) is 0. The van der Waals surface area contributed by atoms with E-state index >= 15 is 0 Å². The number of ether oxygens (including phenoxy) is 2. The van der Waals surface area contributed by atoms with E-state index in [1.54, 1.807) is 18.4 Å². The molecule has 1 saturated heterocycles. The predicted molar refractivity (Wildman–Crippen MR) is 71.6 cm³/mol. The zero-order valence-electron chi connectivity index (χ0n) is 11.4. The van der Waals surface area contributed by atoms with Gasteiger partial charge in [-0.15, -0.1) is 0 Å². The van der Waals surface area contributed by atoms with Crippen LogP contribution in [0.3, 0.4) is 0 Å². The van der Waals surface area contributed by atoms with Crippen molar-refractivity contribution in [1.29, 1.82) is 0 Å². The molecule has 7 nitrogen and oxygen atoms in total. The van der Waals surface area contributed by atoms with Crippen LogP contribution in [-0.4, -0.2) is 42.9 Å². The van der Waals surface area contributed by atoms with Crippen LogP contribution >= 0.6 is 0 Å². The number of rotatable bonds is 3. The van der Waals surface area contributed by atoms with Crippen molar-refractivity contribution in [2.75, 3.05) is 26.4 Å². The lowest BCUT2D eigenvalue weighted by atomic mass is 10.4. The molecule has 0 saturated carbocycles. The van der Waals surface area contributed by atoms with Gasteiger partial charge in [-0.25, -0.2) is 0 Å². The summed E-state index contributed by atoms with van der Waals surface area (Å²) in [4.78, 5) is 9.77. The molecule has 0 atom stereocenters. The molecule has 2 aromatic rings. The third-order valence-corrected chi connectivity index (χ3v) is 2.16. The van der Waals surface area contributed by atoms with E-state index in [1.807, 2.05) is 12.1 Å². The topological polar surface area (TPSA) is 102 Å². The Bertz CT molecular complexity index is 442. The lowest BCUT2D eigenvalue weighted by molar-refractivity contribution is -0.0588. The van der Waals surface area contributed by atoms with Crippen LogP contribution in [0.15, 0.2) is 45.6 Å². The molecule has 1 fully saturated rings. The van der Waals surface area contributed by atoms with Crippen LogP contribution in [0.25, 0.3) is 0 Å². The Kier molecular flexibility index (Phi) is 8.81. The van der Waals surface area contributed by atoms with Gasteiger partial charge in [-0.1, -0.05) is 0 Å². The van der Waals surface area contributed by atoms with Gasteiger partial charge in [0, 0.05) is 0 Å². The first-order valence-electron chi connectivity index (χ1n) is 6.28. The highest BCUT2D eigenvalue weighted by Gasteiger charge is 2.19. The molecule has 0 aliphatic carbocycles. The van der Waals surface area contributed by atoms with Gasteiger partial charge in [-0.3, -0.25) is 4.79 Å². The average molecular weight is 298 g/mol. The van der Waals surface area contributed by atoms with Crippen molar-refractivity contribution >= 4 is 6.29 Å². The van der Waals surface area contributed by atoms with E-state index in [-0.39, 0.29) is 19.5 Å². The summed E-state index contributed by atoms with van der Waals surface area (Å²) in [6.07, 6.45) is 3.47. The van der Waals surface area contributed by atoms with Crippen molar-refractivity contribution in [2.24, 2.45) is 0 Å². The van der Waals surface area contributed by atoms with Crippen molar-refractivity contribution in [3.63, 3.8) is 0 Å². The molecule has 2 N–H and O–H groups in total. The predicted octanol–water partition coefficient (Wildman–Crippen LogP) is 1.39. The van der Waals surface area contributed by atoms with Crippen molar-refractivity contribution in [3.05, 3.63) is 48.3 Å². The van der Waals surface area contributed by atoms with Crippen molar-refractivity contribution in [2.45, 2.75) is 6.29 Å². The third-order valence-electron chi connectivity index (χ3n) is 2.16. The Morgan fingerprint density at radius 2 is 1.67 bits per heavy atom. The van der Waals surface area contributed by atoms with E-state index in [4.69, 9.17) is 24.1 Å². The molecular formula is C14H18O7. The standard InChI is InChI=1S/C7H8O3.C5H4O2.C2H6O2/c1-2-6(8-3-1)7-9-4-5-10-7;6-4-5-2-1-3-7-5;3-1-2-4/h1-3,7H,4-5H2;1-4H;3-4H,1-2H2. The molecule has 116 valence electrons. The van der Waals surface area contributed by atoms with E-state index in [1.165, 1.54) is 6.26 Å². The number of aldehydes is 1. The number of aliphatic hydroxyl groups is 2. The molecule has 21 heavy (non-hydrogen) atoms. The Morgan fingerprint density at radius 3 is 2.05 bits per heavy atom. The second-order valence-corrected chi connectivity index (χ2v) is 3.67. The summed E-state index contributed by atoms with van der Waals surface area (Å²) in [6, 6.07) is 6.94. The molecule has 0 amide bonds. The summed E-state index contributed by atoms with van der Waals surface area (Å²) in [5.74, 6) is 1.12. The van der Waals surface area contributed by atoms with E-state index in [0.717, 1.165) is 5.76 Å². The SMILES string of the molecule is O=Cc1ccco1.OCCO.c1coc(C2OCCO2)c1. The first kappa shape index (κ1) is 17.1. The Labute approximate surface area is 121 Å². The fourth-order valence-electron chi connectivity index (χ4n) is 1.31. The van der Waals surface area contributed by atoms with Crippen LogP contribution < -0.4 is 0 Å². The molecular weight excluding hydrogens is 280 g/mol. The third kappa shape index (κ3) is 6.87. The molecule has 7 heteroatoms. The van der Waals surface area contributed by atoms with Gasteiger partial charge in [-0.05, 0) is 24.3 Å². The van der Waals surface area contributed by atoms with E-state index in [0.29, 0.717) is 25.3 Å². The smallest absolute Gasteiger partial charge is 0.217 e. The highest BCUT2D eigenvalue weighted by Crippen LogP contribution is 2.22. The molecule has 2 aromatic heterocycles. The molecule has 3 heterocycles. The second-order valence-electron chi connectivity index (χ2n) is 3.67. The molecule has 0 aromatic carbocycles. The van der Waals surface area contributed by atoms with Crippen LogP contribution in [-0.2, 0) is 9.47 Å². The number of aliphatic hydroxyl groups excluding tert-OH is 2. The van der Waals surface area contributed by atoms with Gasteiger partial charge in [0.1, 0.15) is 0 Å². The van der Waals surface area contributed by atoms with Crippen LogP contribution in [0, 0.1) is 0 Å². The second kappa shape index (κ2) is 10.8. The van der Waals surface area contributed by atoms with E-state index in [9.17, 15) is 4.79 Å². The van der Waals surface area contributed by atoms with Crippen LogP contribution in [0.5, 0.6) is 0 Å². The van der Waals surface area contributed by atoms with Gasteiger partial charge < -0.3 is 28.5 Å². The molecule has 1 aliphatic heterocycles. The van der Waals surface area contributed by atoms with Crippen molar-refractivity contribution in [1.82, 2.24) is 0 Å². The van der Waals surface area contributed by atoms with Gasteiger partial charge in [0.2, 0.25) is 6.29 Å². The van der Waals surface area contributed by atoms with Crippen molar-refractivity contribution < 1.29 is 33.3 Å². The van der Waals surface area contributed by atoms with Gasteiger partial charge in [0.15, 0.2) is 17.8 Å². The average Bonchev–Trinajstić information content (AvgIpc) is 3.30. The Hall–Kier alpha value is -1.93. The van der Waals surface area contributed by atoms with Gasteiger partial charge in [0.25, 0.3) is 0 Å². The molecule has 0 bridgehead atoms. The first-order chi connectivity index (χ1) is 10.3. The minimum atomic E-state index is -0.269. The summed E-state index contributed by atoms with van der Waals surface area (Å²) in [7, 11) is 0. The largest absolute Gasteiger partial charge is 0.464 e. The van der Waals surface area contributed by atoms with Gasteiger partial charge >= 0.3 is 0 Å². The Morgan fingerprint density at radius 1 is 1.05 bits per heavy atom. The normalized spacial score (nSPS) is 13.8. The number of carbonyl (C=O) groups excluding carboxylic acids is 1. The molecule has 0 radical (unpaired) electrons. The van der Waals surface area contributed by atoms with Gasteiger partial charge in [0.05, 0.1) is 39.0 Å². The fourth-order valence-corrected chi connectivity index (χ4v) is 1.31. The highest BCUT2D eigenvalue weighted by molar-refractivity contribution is 5.69. The maximum Gasteiger partial charge on any atom is 0.217 e. The molecule has 1 aliphatic rings. The fraction of sp³-hybridized carbons (Fsp3) is 0.357. The summed E-state index contributed by atoms with van der Waals surface area (Å²) in [5, 5.41) is 15.2. The monoisotopic (exact) mass is 298 g/mol.